The molecule has 0 aromatic carbocycles. The van der Waals surface area contributed by atoms with Crippen LogP contribution >= 0.6 is 0 Å². The molecule has 0 heterocycles. The Kier molecular flexibility index (Phi) is 6.01. The van der Waals surface area contributed by atoms with Crippen LogP contribution < -0.4 is 0 Å². The number of aliphatic hydroxyl groups excluding tert-OH is 1. The highest BCUT2D eigenvalue weighted by Gasteiger charge is 2.30. The van der Waals surface area contributed by atoms with Gasteiger partial charge in [0.2, 0.25) is 0 Å². The first kappa shape index (κ1) is 14.4. The molecule has 0 aliphatic heterocycles. The summed E-state index contributed by atoms with van der Waals surface area (Å²) in [5.41, 5.74) is 0. The quantitative estimate of drug-likeness (QED) is 0.688. The van der Waals surface area contributed by atoms with Gasteiger partial charge in [-0.1, -0.05) is 45.4 Å². The Morgan fingerprint density at radius 2 is 1.33 bits per heavy atom. The monoisotopic (exact) mass is 252 g/mol. The number of unbranched alkanes of at least 4 members (excludes halogenated alkanes) is 2. The minimum atomic E-state index is 0.0200. The predicted octanol–water partition coefficient (Wildman–Crippen LogP) is 4.92. The average molecular weight is 252 g/mol. The molecule has 2 aliphatic carbocycles. The van der Waals surface area contributed by atoms with Crippen LogP contribution in [0.3, 0.4) is 0 Å². The summed E-state index contributed by atoms with van der Waals surface area (Å²) in [6.45, 7) is 2.30. The molecular weight excluding hydrogens is 220 g/mol. The van der Waals surface area contributed by atoms with Gasteiger partial charge in [0.1, 0.15) is 0 Å². The third-order valence-electron chi connectivity index (χ3n) is 5.52. The van der Waals surface area contributed by atoms with Gasteiger partial charge >= 0.3 is 0 Å². The van der Waals surface area contributed by atoms with Gasteiger partial charge in [0.05, 0.1) is 6.10 Å². The van der Waals surface area contributed by atoms with Crippen molar-refractivity contribution in [1.82, 2.24) is 0 Å². The Morgan fingerprint density at radius 3 is 1.89 bits per heavy atom. The van der Waals surface area contributed by atoms with Gasteiger partial charge in [-0.25, -0.2) is 0 Å². The Bertz CT molecular complexity index is 210. The van der Waals surface area contributed by atoms with Gasteiger partial charge in [-0.3, -0.25) is 0 Å². The first-order valence-corrected chi connectivity index (χ1v) is 8.47. The standard InChI is InChI=1S/C17H32O/c1-2-3-4-5-14-6-8-15(9-7-14)16-10-12-17(18)13-11-16/h14-18H,2-13H2,1H3/t14?,15?,16-,17-. The summed E-state index contributed by atoms with van der Waals surface area (Å²) in [6, 6.07) is 0. The third-order valence-corrected chi connectivity index (χ3v) is 5.52. The van der Waals surface area contributed by atoms with Crippen LogP contribution in [0.2, 0.25) is 0 Å². The highest BCUT2D eigenvalue weighted by atomic mass is 16.3. The molecule has 0 spiro atoms. The SMILES string of the molecule is CCCCCC1CCC([C@H]2CC[C@H](O)CC2)CC1. The predicted molar refractivity (Wildman–Crippen MR) is 77.6 cm³/mol. The summed E-state index contributed by atoms with van der Waals surface area (Å²) < 4.78 is 0. The zero-order chi connectivity index (χ0) is 12.8. The Balaban J connectivity index is 1.63. The lowest BCUT2D eigenvalue weighted by atomic mass is 9.70. The zero-order valence-corrected chi connectivity index (χ0v) is 12.2. The van der Waals surface area contributed by atoms with E-state index in [0.717, 1.165) is 30.6 Å². The molecule has 0 atom stereocenters. The van der Waals surface area contributed by atoms with Crippen LogP contribution in [0.4, 0.5) is 0 Å². The van der Waals surface area contributed by atoms with Crippen LogP contribution in [-0.2, 0) is 0 Å². The van der Waals surface area contributed by atoms with Gasteiger partial charge in [0.15, 0.2) is 0 Å². The molecule has 0 radical (unpaired) electrons. The van der Waals surface area contributed by atoms with Crippen molar-refractivity contribution >= 4 is 0 Å². The van der Waals surface area contributed by atoms with E-state index in [2.05, 4.69) is 6.92 Å². The van der Waals surface area contributed by atoms with Gasteiger partial charge in [0.25, 0.3) is 0 Å². The number of rotatable bonds is 5. The Labute approximate surface area is 113 Å². The lowest BCUT2D eigenvalue weighted by Gasteiger charge is -2.37. The van der Waals surface area contributed by atoms with Crippen molar-refractivity contribution in [1.29, 1.82) is 0 Å². The van der Waals surface area contributed by atoms with Crippen LogP contribution in [0.15, 0.2) is 0 Å². The maximum absolute atomic E-state index is 9.59. The second-order valence-corrected chi connectivity index (χ2v) is 6.85. The van der Waals surface area contributed by atoms with Crippen molar-refractivity contribution in [3.63, 3.8) is 0 Å². The minimum Gasteiger partial charge on any atom is -0.393 e. The summed E-state index contributed by atoms with van der Waals surface area (Å²) in [4.78, 5) is 0. The maximum atomic E-state index is 9.59. The fourth-order valence-corrected chi connectivity index (χ4v) is 4.20. The Hall–Kier alpha value is -0.0400. The van der Waals surface area contributed by atoms with Crippen LogP contribution in [0, 0.1) is 17.8 Å². The van der Waals surface area contributed by atoms with E-state index in [1.807, 2.05) is 0 Å². The first-order chi connectivity index (χ1) is 8.79. The molecular formula is C17H32O. The van der Waals surface area contributed by atoms with Crippen LogP contribution in [-0.4, -0.2) is 11.2 Å². The molecule has 1 heteroatoms. The van der Waals surface area contributed by atoms with Crippen molar-refractivity contribution in [2.75, 3.05) is 0 Å². The summed E-state index contributed by atoms with van der Waals surface area (Å²) in [5, 5.41) is 9.59. The van der Waals surface area contributed by atoms with Crippen molar-refractivity contribution in [2.45, 2.75) is 90.1 Å². The molecule has 2 rings (SSSR count). The second-order valence-electron chi connectivity index (χ2n) is 6.85. The molecule has 0 amide bonds. The van der Waals surface area contributed by atoms with Crippen LogP contribution in [0.5, 0.6) is 0 Å². The largest absolute Gasteiger partial charge is 0.393 e. The molecule has 2 saturated carbocycles. The normalized spacial score (nSPS) is 37.7. The number of hydrogen-bond donors (Lipinski definition) is 1. The summed E-state index contributed by atoms with van der Waals surface area (Å²) in [7, 11) is 0. The molecule has 0 bridgehead atoms. The Morgan fingerprint density at radius 1 is 0.778 bits per heavy atom. The van der Waals surface area contributed by atoms with E-state index in [9.17, 15) is 5.11 Å². The molecule has 1 N–H and O–H groups in total. The van der Waals surface area contributed by atoms with E-state index in [1.165, 1.54) is 64.2 Å². The van der Waals surface area contributed by atoms with E-state index in [0.29, 0.717) is 0 Å². The summed E-state index contributed by atoms with van der Waals surface area (Å²) in [5.74, 6) is 2.99. The second kappa shape index (κ2) is 7.53. The summed E-state index contributed by atoms with van der Waals surface area (Å²) in [6.07, 6.45) is 16.5. The lowest BCUT2D eigenvalue weighted by Crippen LogP contribution is -2.27. The molecule has 18 heavy (non-hydrogen) atoms. The molecule has 2 aliphatic rings. The smallest absolute Gasteiger partial charge is 0.0540 e. The highest BCUT2D eigenvalue weighted by molar-refractivity contribution is 4.81. The fourth-order valence-electron chi connectivity index (χ4n) is 4.20. The van der Waals surface area contributed by atoms with E-state index in [1.54, 1.807) is 0 Å². The molecule has 0 aromatic heterocycles. The maximum Gasteiger partial charge on any atom is 0.0540 e. The van der Waals surface area contributed by atoms with Crippen molar-refractivity contribution in [3.05, 3.63) is 0 Å². The van der Waals surface area contributed by atoms with Crippen LogP contribution in [0.1, 0.15) is 84.0 Å². The summed E-state index contributed by atoms with van der Waals surface area (Å²) >= 11 is 0. The average Bonchev–Trinajstić information content (AvgIpc) is 2.41. The molecule has 106 valence electrons. The number of hydrogen-bond acceptors (Lipinski definition) is 1. The van der Waals surface area contributed by atoms with Gasteiger partial charge < -0.3 is 5.11 Å². The third kappa shape index (κ3) is 4.26. The number of aliphatic hydroxyl groups is 1. The van der Waals surface area contributed by atoms with E-state index < -0.39 is 0 Å². The van der Waals surface area contributed by atoms with Crippen LogP contribution in [0.25, 0.3) is 0 Å². The van der Waals surface area contributed by atoms with E-state index in [-0.39, 0.29) is 6.10 Å². The van der Waals surface area contributed by atoms with E-state index in [4.69, 9.17) is 0 Å². The topological polar surface area (TPSA) is 20.2 Å². The van der Waals surface area contributed by atoms with E-state index >= 15 is 0 Å². The van der Waals surface area contributed by atoms with Crippen molar-refractivity contribution < 1.29 is 5.11 Å². The van der Waals surface area contributed by atoms with Gasteiger partial charge in [-0.15, -0.1) is 0 Å². The fraction of sp³-hybridized carbons (Fsp3) is 1.00. The molecule has 0 unspecified atom stereocenters. The zero-order valence-electron chi connectivity index (χ0n) is 12.2. The molecule has 0 aromatic rings. The lowest BCUT2D eigenvalue weighted by molar-refractivity contribution is 0.0763. The van der Waals surface area contributed by atoms with Crippen molar-refractivity contribution in [2.24, 2.45) is 17.8 Å². The highest BCUT2D eigenvalue weighted by Crippen LogP contribution is 2.41. The minimum absolute atomic E-state index is 0.0200. The van der Waals surface area contributed by atoms with Crippen molar-refractivity contribution in [3.8, 4) is 0 Å². The molecule has 2 fully saturated rings. The molecule has 1 nitrogen and oxygen atoms in total. The van der Waals surface area contributed by atoms with Gasteiger partial charge in [-0.2, -0.15) is 0 Å². The molecule has 0 saturated heterocycles. The van der Waals surface area contributed by atoms with Gasteiger partial charge in [-0.05, 0) is 56.3 Å². The van der Waals surface area contributed by atoms with Gasteiger partial charge in [0, 0.05) is 0 Å². The first-order valence-electron chi connectivity index (χ1n) is 8.47.